The molecule has 1 aliphatic rings. The molecule has 6 atom stereocenters. The van der Waals surface area contributed by atoms with Gasteiger partial charge in [0.25, 0.3) is 0 Å². The van der Waals surface area contributed by atoms with Gasteiger partial charge >= 0.3 is 5.97 Å². The number of carbonyl (C=O) groups is 1. The molecule has 0 aromatic heterocycles. The lowest BCUT2D eigenvalue weighted by atomic mass is 9.99. The van der Waals surface area contributed by atoms with Crippen LogP contribution in [0.2, 0.25) is 0 Å². The molecule has 1 heterocycles. The second-order valence-corrected chi connectivity index (χ2v) is 17.6. The average molecular weight is 829 g/mol. The Hall–Kier alpha value is -0.810. The van der Waals surface area contributed by atoms with Gasteiger partial charge in [0, 0.05) is 13.0 Å². The molecule has 1 aliphatic heterocycles. The highest BCUT2D eigenvalue weighted by molar-refractivity contribution is 5.69. The van der Waals surface area contributed by atoms with Crippen LogP contribution in [0, 0.1) is 0 Å². The zero-order valence-corrected chi connectivity index (χ0v) is 38.1. The van der Waals surface area contributed by atoms with Crippen LogP contribution in [-0.2, 0) is 23.7 Å². The first-order valence-corrected chi connectivity index (χ1v) is 25.1. The van der Waals surface area contributed by atoms with Gasteiger partial charge in [-0.15, -0.1) is 0 Å². The van der Waals surface area contributed by atoms with Crippen molar-refractivity contribution in [3.05, 3.63) is 0 Å². The van der Waals surface area contributed by atoms with Gasteiger partial charge in [0.15, 0.2) is 6.29 Å². The lowest BCUT2D eigenvalue weighted by Crippen LogP contribution is -2.59. The summed E-state index contributed by atoms with van der Waals surface area (Å²) in [5.74, 6) is -0.305. The molecule has 4 N–H and O–H groups in total. The van der Waals surface area contributed by atoms with Crippen LogP contribution >= 0.6 is 0 Å². The molecule has 0 bridgehead atoms. The van der Waals surface area contributed by atoms with Gasteiger partial charge in [-0.2, -0.15) is 0 Å². The third-order valence-electron chi connectivity index (χ3n) is 12.0. The van der Waals surface area contributed by atoms with E-state index in [9.17, 15) is 25.2 Å². The molecule has 0 saturated carbocycles. The van der Waals surface area contributed by atoms with Gasteiger partial charge in [0.05, 0.1) is 19.8 Å². The fraction of sp³-hybridized carbons (Fsp3) is 0.980. The van der Waals surface area contributed by atoms with Crippen molar-refractivity contribution in [3.8, 4) is 0 Å². The van der Waals surface area contributed by atoms with Gasteiger partial charge in [-0.1, -0.05) is 226 Å². The summed E-state index contributed by atoms with van der Waals surface area (Å²) in [7, 11) is 0. The molecule has 58 heavy (non-hydrogen) atoms. The molecule has 9 heteroatoms. The number of aliphatic hydroxyl groups is 4. The van der Waals surface area contributed by atoms with Crippen LogP contribution in [-0.4, -0.2) is 89.6 Å². The number of aliphatic hydroxyl groups excluding tert-OH is 4. The first-order chi connectivity index (χ1) is 28.4. The van der Waals surface area contributed by atoms with Crippen LogP contribution in [0.4, 0.5) is 0 Å². The standard InChI is InChI=1S/C49H96O9/c1-3-5-7-9-11-13-15-17-19-20-21-22-23-24-26-28-30-32-34-36-38-45(51)57-43(42-56-49-48(54)47(53)46(52)44(40-50)58-49)41-55-39-37-35-33-31-29-27-25-18-16-14-12-10-8-6-4-2/h43-44,46-50,52-54H,3-42H2,1-2H3. The van der Waals surface area contributed by atoms with Crippen molar-refractivity contribution in [3.63, 3.8) is 0 Å². The van der Waals surface area contributed by atoms with E-state index in [-0.39, 0.29) is 19.2 Å². The minimum atomic E-state index is -1.53. The molecule has 1 fully saturated rings. The summed E-state index contributed by atoms with van der Waals surface area (Å²) in [6.07, 6.45) is 38.5. The minimum absolute atomic E-state index is 0.105. The Bertz CT molecular complexity index is 858. The van der Waals surface area contributed by atoms with Crippen molar-refractivity contribution in [2.75, 3.05) is 26.4 Å². The molecule has 6 unspecified atom stereocenters. The number of esters is 1. The molecule has 0 aliphatic carbocycles. The van der Waals surface area contributed by atoms with Gasteiger partial charge in [-0.25, -0.2) is 0 Å². The van der Waals surface area contributed by atoms with Gasteiger partial charge in [-0.05, 0) is 12.8 Å². The first kappa shape index (κ1) is 55.2. The smallest absolute Gasteiger partial charge is 0.306 e. The van der Waals surface area contributed by atoms with E-state index in [0.717, 1.165) is 32.1 Å². The summed E-state index contributed by atoms with van der Waals surface area (Å²) < 4.78 is 22.9. The Labute approximate surface area is 357 Å². The summed E-state index contributed by atoms with van der Waals surface area (Å²) in [6.45, 7) is 4.62. The molecular weight excluding hydrogens is 733 g/mol. The molecule has 9 nitrogen and oxygen atoms in total. The van der Waals surface area contributed by atoms with E-state index in [0.29, 0.717) is 13.0 Å². The summed E-state index contributed by atoms with van der Waals surface area (Å²) in [6, 6.07) is 0. The SMILES string of the molecule is CCCCCCCCCCCCCCCCCCCCCCC(=O)OC(COCCCCCCCCCCCCCCCCC)COC1OC(CO)C(O)C(O)C1O. The van der Waals surface area contributed by atoms with Crippen LogP contribution < -0.4 is 0 Å². The maximum Gasteiger partial charge on any atom is 0.306 e. The lowest BCUT2D eigenvalue weighted by Gasteiger charge is -2.39. The number of unbranched alkanes of at least 4 members (excludes halogenated alkanes) is 33. The molecule has 0 aromatic carbocycles. The van der Waals surface area contributed by atoms with E-state index in [1.54, 1.807) is 0 Å². The Morgan fingerprint density at radius 1 is 0.483 bits per heavy atom. The number of hydrogen-bond donors (Lipinski definition) is 4. The Morgan fingerprint density at radius 3 is 1.22 bits per heavy atom. The lowest BCUT2D eigenvalue weighted by molar-refractivity contribution is -0.305. The van der Waals surface area contributed by atoms with Crippen LogP contribution in [0.5, 0.6) is 0 Å². The second-order valence-electron chi connectivity index (χ2n) is 17.6. The van der Waals surface area contributed by atoms with Crippen molar-refractivity contribution in [1.82, 2.24) is 0 Å². The Kier molecular flexibility index (Phi) is 39.5. The maximum atomic E-state index is 12.8. The highest BCUT2D eigenvalue weighted by Gasteiger charge is 2.44. The average Bonchev–Trinajstić information content (AvgIpc) is 3.22. The van der Waals surface area contributed by atoms with Gasteiger partial charge in [0.2, 0.25) is 0 Å². The second kappa shape index (κ2) is 41.5. The molecule has 1 saturated heterocycles. The van der Waals surface area contributed by atoms with Crippen LogP contribution in [0.3, 0.4) is 0 Å². The third kappa shape index (κ3) is 32.0. The van der Waals surface area contributed by atoms with E-state index in [1.165, 1.54) is 193 Å². The van der Waals surface area contributed by atoms with E-state index in [2.05, 4.69) is 13.8 Å². The normalized spacial score (nSPS) is 20.1. The largest absolute Gasteiger partial charge is 0.457 e. The Morgan fingerprint density at radius 2 is 0.845 bits per heavy atom. The summed E-state index contributed by atoms with van der Waals surface area (Å²) in [5, 5.41) is 40.2. The highest BCUT2D eigenvalue weighted by Crippen LogP contribution is 2.23. The summed E-state index contributed by atoms with van der Waals surface area (Å²) in [4.78, 5) is 12.8. The zero-order valence-electron chi connectivity index (χ0n) is 38.1. The monoisotopic (exact) mass is 829 g/mol. The molecule has 0 spiro atoms. The summed E-state index contributed by atoms with van der Waals surface area (Å²) in [5.41, 5.74) is 0. The predicted octanol–water partition coefficient (Wildman–Crippen LogP) is 11.8. The van der Waals surface area contributed by atoms with Crippen molar-refractivity contribution < 1.29 is 44.2 Å². The van der Waals surface area contributed by atoms with Gasteiger partial charge < -0.3 is 39.4 Å². The van der Waals surface area contributed by atoms with Crippen molar-refractivity contribution >= 4 is 5.97 Å². The minimum Gasteiger partial charge on any atom is -0.457 e. The van der Waals surface area contributed by atoms with Crippen LogP contribution in [0.15, 0.2) is 0 Å². The van der Waals surface area contributed by atoms with Crippen molar-refractivity contribution in [2.24, 2.45) is 0 Å². The van der Waals surface area contributed by atoms with E-state index < -0.39 is 43.4 Å². The molecule has 0 aromatic rings. The van der Waals surface area contributed by atoms with Gasteiger partial charge in [0.1, 0.15) is 30.5 Å². The Balaban J connectivity index is 2.19. The highest BCUT2D eigenvalue weighted by atomic mass is 16.7. The molecule has 1 rings (SSSR count). The summed E-state index contributed by atoms with van der Waals surface area (Å²) >= 11 is 0. The van der Waals surface area contributed by atoms with Crippen molar-refractivity contribution in [1.29, 1.82) is 0 Å². The quantitative estimate of drug-likeness (QED) is 0.0350. The molecule has 346 valence electrons. The topological polar surface area (TPSA) is 135 Å². The maximum absolute atomic E-state index is 12.8. The van der Waals surface area contributed by atoms with Crippen LogP contribution in [0.25, 0.3) is 0 Å². The number of hydrogen-bond acceptors (Lipinski definition) is 9. The first-order valence-electron chi connectivity index (χ1n) is 25.1. The fourth-order valence-electron chi connectivity index (χ4n) is 8.08. The van der Waals surface area contributed by atoms with E-state index in [4.69, 9.17) is 18.9 Å². The van der Waals surface area contributed by atoms with Gasteiger partial charge in [-0.3, -0.25) is 4.79 Å². The molecular formula is C49H96O9. The van der Waals surface area contributed by atoms with Crippen LogP contribution in [0.1, 0.15) is 245 Å². The molecule has 0 radical (unpaired) electrons. The predicted molar refractivity (Wildman–Crippen MR) is 238 cm³/mol. The fourth-order valence-corrected chi connectivity index (χ4v) is 8.08. The number of carbonyl (C=O) groups excluding carboxylic acids is 1. The number of ether oxygens (including phenoxy) is 4. The molecule has 0 amide bonds. The third-order valence-corrected chi connectivity index (χ3v) is 12.0. The van der Waals surface area contributed by atoms with E-state index >= 15 is 0 Å². The zero-order chi connectivity index (χ0) is 42.2. The van der Waals surface area contributed by atoms with Crippen molar-refractivity contribution in [2.45, 2.75) is 282 Å². The van der Waals surface area contributed by atoms with E-state index in [1.807, 2.05) is 0 Å². The number of rotatable bonds is 44.